The highest BCUT2D eigenvalue weighted by Gasteiger charge is 2.00. The first-order valence-electron chi connectivity index (χ1n) is 3.39. The molecular formula is C6H7N5S. The third-order valence-corrected chi connectivity index (χ3v) is 1.78. The lowest BCUT2D eigenvalue weighted by Gasteiger charge is -1.92. The van der Waals surface area contributed by atoms with Crippen LogP contribution in [0.3, 0.4) is 0 Å². The Balaban J connectivity index is 2.98. The van der Waals surface area contributed by atoms with Crippen molar-refractivity contribution in [1.29, 1.82) is 0 Å². The van der Waals surface area contributed by atoms with E-state index >= 15 is 0 Å². The minimum Gasteiger partial charge on any atom is -0.368 e. The number of nitrogen functional groups attached to an aromatic ring is 1. The number of fused-ring (bicyclic) bond motifs is 1. The van der Waals surface area contributed by atoms with Crippen molar-refractivity contribution in [1.82, 2.24) is 19.6 Å². The number of nitrogens with one attached hydrogen (secondary N) is 1. The van der Waals surface area contributed by atoms with Gasteiger partial charge >= 0.3 is 0 Å². The fraction of sp³-hybridized carbons (Fsp3) is 0.167. The molecule has 0 atom stereocenters. The monoisotopic (exact) mass is 181 g/mol. The summed E-state index contributed by atoms with van der Waals surface area (Å²) in [5, 5.41) is 2.77. The largest absolute Gasteiger partial charge is 0.368 e. The molecule has 0 aliphatic heterocycles. The number of hydrogen-bond acceptors (Lipinski definition) is 4. The van der Waals surface area contributed by atoms with Gasteiger partial charge in [-0.3, -0.25) is 5.10 Å². The van der Waals surface area contributed by atoms with Gasteiger partial charge < -0.3 is 5.73 Å². The lowest BCUT2D eigenvalue weighted by atomic mass is 10.5. The van der Waals surface area contributed by atoms with Gasteiger partial charge in [-0.05, 0) is 13.0 Å². The first-order valence-corrected chi connectivity index (χ1v) is 3.79. The minimum absolute atomic E-state index is 0.319. The van der Waals surface area contributed by atoms with E-state index in [-0.39, 0.29) is 0 Å². The topological polar surface area (TPSA) is 72.0 Å². The first-order chi connectivity index (χ1) is 5.66. The van der Waals surface area contributed by atoms with Crippen LogP contribution in [0.1, 0.15) is 5.69 Å². The zero-order chi connectivity index (χ0) is 8.72. The second-order valence-corrected chi connectivity index (χ2v) is 2.90. The van der Waals surface area contributed by atoms with Crippen LogP contribution in [-0.2, 0) is 0 Å². The summed E-state index contributed by atoms with van der Waals surface area (Å²) >= 11 is 5.05. The van der Waals surface area contributed by atoms with E-state index in [0.29, 0.717) is 16.4 Å². The molecule has 6 heteroatoms. The van der Waals surface area contributed by atoms with E-state index in [0.717, 1.165) is 5.69 Å². The van der Waals surface area contributed by atoms with Gasteiger partial charge in [0.15, 0.2) is 0 Å². The van der Waals surface area contributed by atoms with Crippen LogP contribution < -0.4 is 5.73 Å². The Morgan fingerprint density at radius 1 is 1.58 bits per heavy atom. The van der Waals surface area contributed by atoms with Crippen molar-refractivity contribution in [3.8, 4) is 0 Å². The van der Waals surface area contributed by atoms with E-state index in [1.54, 1.807) is 10.6 Å². The number of H-pyrrole nitrogens is 1. The van der Waals surface area contributed by atoms with E-state index in [9.17, 15) is 0 Å². The molecule has 3 N–H and O–H groups in total. The molecule has 2 rings (SSSR count). The summed E-state index contributed by atoms with van der Waals surface area (Å²) in [6.07, 6.45) is 0. The molecule has 0 aromatic carbocycles. The van der Waals surface area contributed by atoms with Gasteiger partial charge in [0.25, 0.3) is 5.78 Å². The number of hydrogen-bond donors (Lipinski definition) is 2. The van der Waals surface area contributed by atoms with Crippen LogP contribution >= 0.6 is 12.2 Å². The highest BCUT2D eigenvalue weighted by Crippen LogP contribution is 2.02. The molecule has 2 aromatic heterocycles. The normalized spacial score (nSPS) is 10.8. The molecule has 12 heavy (non-hydrogen) atoms. The molecule has 0 aliphatic carbocycles. The Morgan fingerprint density at radius 3 is 3.08 bits per heavy atom. The van der Waals surface area contributed by atoms with Crippen molar-refractivity contribution in [3.63, 3.8) is 0 Å². The van der Waals surface area contributed by atoms with Crippen molar-refractivity contribution in [2.75, 3.05) is 5.73 Å². The van der Waals surface area contributed by atoms with Gasteiger partial charge in [0.05, 0.1) is 0 Å². The van der Waals surface area contributed by atoms with Gasteiger partial charge in [-0.15, -0.1) is 0 Å². The first kappa shape index (κ1) is 7.23. The summed E-state index contributed by atoms with van der Waals surface area (Å²) in [4.78, 5) is 8.07. The average molecular weight is 181 g/mol. The maximum atomic E-state index is 5.44. The molecule has 0 amide bonds. The van der Waals surface area contributed by atoms with Crippen LogP contribution in [0.25, 0.3) is 5.78 Å². The summed E-state index contributed by atoms with van der Waals surface area (Å²) in [5.41, 5.74) is 6.28. The van der Waals surface area contributed by atoms with Gasteiger partial charge in [-0.1, -0.05) is 12.2 Å². The van der Waals surface area contributed by atoms with Gasteiger partial charge in [-0.2, -0.15) is 4.98 Å². The number of nitrogens with two attached hydrogens (primary N) is 1. The summed E-state index contributed by atoms with van der Waals surface area (Å²) in [7, 11) is 0. The summed E-state index contributed by atoms with van der Waals surface area (Å²) in [6.45, 7) is 1.86. The molecule has 2 heterocycles. The average Bonchev–Trinajstić information content (AvgIpc) is 2.29. The number of aromatic amines is 1. The molecule has 2 aromatic rings. The van der Waals surface area contributed by atoms with E-state index in [1.807, 2.05) is 6.92 Å². The van der Waals surface area contributed by atoms with Crippen LogP contribution in [0, 0.1) is 11.6 Å². The van der Waals surface area contributed by atoms with Crippen LogP contribution in [0.2, 0.25) is 0 Å². The fourth-order valence-corrected chi connectivity index (χ4v) is 1.31. The highest BCUT2D eigenvalue weighted by atomic mass is 32.1. The number of nitrogens with zero attached hydrogens (tertiary/aromatic N) is 3. The zero-order valence-corrected chi connectivity index (χ0v) is 7.22. The number of anilines is 1. The van der Waals surface area contributed by atoms with Gasteiger partial charge in [0.1, 0.15) is 4.64 Å². The molecule has 0 radical (unpaired) electrons. The summed E-state index contributed by atoms with van der Waals surface area (Å²) in [5.74, 6) is 0.830. The molecular weight excluding hydrogens is 174 g/mol. The lowest BCUT2D eigenvalue weighted by molar-refractivity contribution is 0.918. The predicted octanol–water partition coefficient (Wildman–Crippen LogP) is 0.678. The van der Waals surface area contributed by atoms with E-state index in [2.05, 4.69) is 15.1 Å². The van der Waals surface area contributed by atoms with Crippen LogP contribution in [0.5, 0.6) is 0 Å². The van der Waals surface area contributed by atoms with Crippen LogP contribution in [-0.4, -0.2) is 19.6 Å². The Bertz CT molecular complexity index is 482. The molecule has 0 aliphatic rings. The fourth-order valence-electron chi connectivity index (χ4n) is 1.01. The number of rotatable bonds is 0. The van der Waals surface area contributed by atoms with E-state index < -0.39 is 0 Å². The molecule has 0 fully saturated rings. The second kappa shape index (κ2) is 2.28. The highest BCUT2D eigenvalue weighted by molar-refractivity contribution is 7.71. The van der Waals surface area contributed by atoms with Gasteiger partial charge in [-0.25, -0.2) is 9.50 Å². The minimum atomic E-state index is 0.319. The summed E-state index contributed by atoms with van der Waals surface area (Å²) in [6, 6.07) is 1.78. The predicted molar refractivity (Wildman–Crippen MR) is 47.3 cm³/mol. The van der Waals surface area contributed by atoms with E-state index in [4.69, 9.17) is 18.0 Å². The maximum absolute atomic E-state index is 5.44. The van der Waals surface area contributed by atoms with Gasteiger partial charge in [0.2, 0.25) is 5.95 Å². The molecule has 0 unspecified atom stereocenters. The van der Waals surface area contributed by atoms with Crippen molar-refractivity contribution in [3.05, 3.63) is 16.4 Å². The Labute approximate surface area is 73.2 Å². The molecule has 0 saturated heterocycles. The third kappa shape index (κ3) is 0.964. The molecule has 5 nitrogen and oxygen atoms in total. The SMILES string of the molecule is Cc1cc(=S)n2[nH]c(N)nc2n1. The maximum Gasteiger partial charge on any atom is 0.253 e. The quantitative estimate of drug-likeness (QED) is 0.586. The molecule has 0 saturated carbocycles. The smallest absolute Gasteiger partial charge is 0.253 e. The van der Waals surface area contributed by atoms with Crippen LogP contribution in [0.4, 0.5) is 5.95 Å². The lowest BCUT2D eigenvalue weighted by Crippen LogP contribution is -1.94. The van der Waals surface area contributed by atoms with Crippen molar-refractivity contribution < 1.29 is 0 Å². The Kier molecular flexibility index (Phi) is 1.37. The van der Waals surface area contributed by atoms with Crippen LogP contribution in [0.15, 0.2) is 6.07 Å². The molecule has 0 spiro atoms. The van der Waals surface area contributed by atoms with Gasteiger partial charge in [0, 0.05) is 5.69 Å². The third-order valence-electron chi connectivity index (χ3n) is 1.48. The zero-order valence-electron chi connectivity index (χ0n) is 6.40. The van der Waals surface area contributed by atoms with Crippen molar-refractivity contribution >= 4 is 23.9 Å². The standard InChI is InChI=1S/C6H7N5S/c1-3-2-4(12)11-6(8-3)9-5(7)10-11/h2H,1H3,(H3,7,8,9,10). The Hall–Kier alpha value is -1.43. The van der Waals surface area contributed by atoms with Crippen molar-refractivity contribution in [2.45, 2.75) is 6.92 Å². The number of aryl methyl sites for hydroxylation is 1. The van der Waals surface area contributed by atoms with Crippen molar-refractivity contribution in [2.24, 2.45) is 0 Å². The van der Waals surface area contributed by atoms with E-state index in [1.165, 1.54) is 0 Å². The Morgan fingerprint density at radius 2 is 2.33 bits per heavy atom. The summed E-state index contributed by atoms with van der Waals surface area (Å²) < 4.78 is 2.19. The molecule has 0 bridgehead atoms. The second-order valence-electron chi connectivity index (χ2n) is 2.48. The molecule has 62 valence electrons. The number of aromatic nitrogens is 4.